The van der Waals surface area contributed by atoms with Gasteiger partial charge >= 0.3 is 0 Å². The number of ether oxygens (including phenoxy) is 1. The molecule has 0 aliphatic carbocycles. The second-order valence-electron chi connectivity index (χ2n) is 6.47. The van der Waals surface area contributed by atoms with Gasteiger partial charge in [-0.3, -0.25) is 9.59 Å². The van der Waals surface area contributed by atoms with Gasteiger partial charge in [-0.05, 0) is 37.1 Å². The van der Waals surface area contributed by atoms with Crippen molar-refractivity contribution >= 4 is 17.9 Å². The fourth-order valence-electron chi connectivity index (χ4n) is 3.16. The third kappa shape index (κ3) is 5.00. The molecule has 0 atom stereocenters. The highest BCUT2D eigenvalue weighted by Crippen LogP contribution is 2.20. The fraction of sp³-hybridized carbons (Fsp3) is 0.333. The molecule has 0 spiro atoms. The molecule has 27 heavy (non-hydrogen) atoms. The number of furan rings is 1. The van der Waals surface area contributed by atoms with Gasteiger partial charge in [0.2, 0.25) is 11.8 Å². The SMILES string of the molecule is COc1ccccc1/C=C/C(=O)N1CCC(C(=O)NCc2ccco2)CC1. The second-order valence-corrected chi connectivity index (χ2v) is 6.47. The topological polar surface area (TPSA) is 71.8 Å². The number of rotatable bonds is 6. The summed E-state index contributed by atoms with van der Waals surface area (Å²) in [6.45, 7) is 1.55. The lowest BCUT2D eigenvalue weighted by molar-refractivity contribution is -0.132. The van der Waals surface area contributed by atoms with Gasteiger partial charge in [0.05, 0.1) is 19.9 Å². The predicted octanol–water partition coefficient (Wildman–Crippen LogP) is 2.86. The zero-order valence-corrected chi connectivity index (χ0v) is 15.4. The zero-order valence-electron chi connectivity index (χ0n) is 15.4. The zero-order chi connectivity index (χ0) is 19.1. The highest BCUT2D eigenvalue weighted by Gasteiger charge is 2.26. The van der Waals surface area contributed by atoms with Crippen LogP contribution in [0.3, 0.4) is 0 Å². The van der Waals surface area contributed by atoms with E-state index in [-0.39, 0.29) is 17.7 Å². The number of piperidine rings is 1. The maximum atomic E-state index is 12.4. The number of nitrogens with one attached hydrogen (secondary N) is 1. The summed E-state index contributed by atoms with van der Waals surface area (Å²) in [7, 11) is 1.61. The molecule has 6 heteroatoms. The highest BCUT2D eigenvalue weighted by atomic mass is 16.5. The first-order valence-corrected chi connectivity index (χ1v) is 9.07. The standard InChI is InChI=1S/C21H24N2O4/c1-26-19-7-3-2-5-16(19)8-9-20(24)23-12-10-17(11-13-23)21(25)22-15-18-6-4-14-27-18/h2-9,14,17H,10-13,15H2,1H3,(H,22,25)/b9-8+. The van der Waals surface area contributed by atoms with Crippen molar-refractivity contribution in [2.75, 3.05) is 20.2 Å². The number of hydrogen-bond acceptors (Lipinski definition) is 4. The van der Waals surface area contributed by atoms with Crippen molar-refractivity contribution in [2.45, 2.75) is 19.4 Å². The lowest BCUT2D eigenvalue weighted by atomic mass is 9.96. The van der Waals surface area contributed by atoms with E-state index in [1.165, 1.54) is 0 Å². The van der Waals surface area contributed by atoms with E-state index >= 15 is 0 Å². The molecule has 2 heterocycles. The van der Waals surface area contributed by atoms with E-state index in [9.17, 15) is 9.59 Å². The highest BCUT2D eigenvalue weighted by molar-refractivity contribution is 5.92. The van der Waals surface area contributed by atoms with Crippen molar-refractivity contribution in [1.29, 1.82) is 0 Å². The number of methoxy groups -OCH3 is 1. The van der Waals surface area contributed by atoms with Gasteiger partial charge in [0.15, 0.2) is 0 Å². The summed E-state index contributed by atoms with van der Waals surface area (Å²) < 4.78 is 10.5. The van der Waals surface area contributed by atoms with Crippen LogP contribution < -0.4 is 10.1 Å². The molecular weight excluding hydrogens is 344 g/mol. The average molecular weight is 368 g/mol. The van der Waals surface area contributed by atoms with Gasteiger partial charge in [-0.25, -0.2) is 0 Å². The quantitative estimate of drug-likeness (QED) is 0.796. The van der Waals surface area contributed by atoms with E-state index in [2.05, 4.69) is 5.32 Å². The maximum Gasteiger partial charge on any atom is 0.246 e. The molecule has 1 N–H and O–H groups in total. The molecule has 0 unspecified atom stereocenters. The summed E-state index contributed by atoms with van der Waals surface area (Å²) in [6, 6.07) is 11.2. The average Bonchev–Trinajstić information content (AvgIpc) is 3.24. The van der Waals surface area contributed by atoms with Crippen molar-refractivity contribution in [2.24, 2.45) is 5.92 Å². The van der Waals surface area contributed by atoms with Gasteiger partial charge < -0.3 is 19.4 Å². The van der Waals surface area contributed by atoms with Gasteiger partial charge in [-0.2, -0.15) is 0 Å². The van der Waals surface area contributed by atoms with E-state index in [0.717, 1.165) is 17.1 Å². The van der Waals surface area contributed by atoms with Crippen molar-refractivity contribution in [3.8, 4) is 5.75 Å². The Hall–Kier alpha value is -3.02. The summed E-state index contributed by atoms with van der Waals surface area (Å²) >= 11 is 0. The molecule has 1 aliphatic rings. The lowest BCUT2D eigenvalue weighted by Gasteiger charge is -2.30. The maximum absolute atomic E-state index is 12.4. The van der Waals surface area contributed by atoms with Crippen LogP contribution in [0.15, 0.2) is 53.2 Å². The number of para-hydroxylation sites is 1. The molecule has 2 amide bonds. The van der Waals surface area contributed by atoms with Gasteiger partial charge in [-0.1, -0.05) is 18.2 Å². The Morgan fingerprint density at radius 3 is 2.70 bits per heavy atom. The van der Waals surface area contributed by atoms with Crippen LogP contribution in [0.4, 0.5) is 0 Å². The number of likely N-dealkylation sites (tertiary alicyclic amines) is 1. The van der Waals surface area contributed by atoms with Crippen LogP contribution in [0.1, 0.15) is 24.2 Å². The van der Waals surface area contributed by atoms with Crippen LogP contribution in [0, 0.1) is 5.92 Å². The van der Waals surface area contributed by atoms with Crippen molar-refractivity contribution in [1.82, 2.24) is 10.2 Å². The van der Waals surface area contributed by atoms with Crippen LogP contribution in [-0.4, -0.2) is 36.9 Å². The van der Waals surface area contributed by atoms with Crippen LogP contribution in [0.25, 0.3) is 6.08 Å². The first kappa shape index (κ1) is 18.8. The Morgan fingerprint density at radius 2 is 2.00 bits per heavy atom. The molecule has 3 rings (SSSR count). The Morgan fingerprint density at radius 1 is 1.22 bits per heavy atom. The monoisotopic (exact) mass is 368 g/mol. The molecule has 0 saturated carbocycles. The number of amides is 2. The number of nitrogens with zero attached hydrogens (tertiary/aromatic N) is 1. The van der Waals surface area contributed by atoms with Crippen LogP contribution in [0.5, 0.6) is 5.75 Å². The molecule has 1 aliphatic heterocycles. The third-order valence-electron chi connectivity index (χ3n) is 4.74. The van der Waals surface area contributed by atoms with E-state index in [1.807, 2.05) is 30.3 Å². The minimum atomic E-state index is -0.0674. The van der Waals surface area contributed by atoms with E-state index in [4.69, 9.17) is 9.15 Å². The molecule has 2 aromatic rings. The molecule has 6 nitrogen and oxygen atoms in total. The van der Waals surface area contributed by atoms with Gasteiger partial charge in [-0.15, -0.1) is 0 Å². The normalized spacial score (nSPS) is 15.1. The fourth-order valence-corrected chi connectivity index (χ4v) is 3.16. The van der Waals surface area contributed by atoms with Gasteiger partial charge in [0.25, 0.3) is 0 Å². The number of benzene rings is 1. The summed E-state index contributed by atoms with van der Waals surface area (Å²) in [5.74, 6) is 1.37. The van der Waals surface area contributed by atoms with Crippen LogP contribution >= 0.6 is 0 Å². The summed E-state index contributed by atoms with van der Waals surface area (Å²) in [5.41, 5.74) is 0.862. The van der Waals surface area contributed by atoms with E-state index in [0.29, 0.717) is 32.5 Å². The number of hydrogen-bond donors (Lipinski definition) is 1. The van der Waals surface area contributed by atoms with Gasteiger partial charge in [0.1, 0.15) is 11.5 Å². The smallest absolute Gasteiger partial charge is 0.246 e. The summed E-state index contributed by atoms with van der Waals surface area (Å²) in [5, 5.41) is 2.89. The van der Waals surface area contributed by atoms with E-state index in [1.54, 1.807) is 36.5 Å². The summed E-state index contributed by atoms with van der Waals surface area (Å²) in [6.07, 6.45) is 6.25. The van der Waals surface area contributed by atoms with Crippen molar-refractivity contribution < 1.29 is 18.7 Å². The Labute approximate surface area is 158 Å². The molecule has 1 fully saturated rings. The minimum absolute atomic E-state index is 0.0167. The molecule has 1 aromatic carbocycles. The van der Waals surface area contributed by atoms with Crippen molar-refractivity contribution in [3.63, 3.8) is 0 Å². The second kappa shape index (κ2) is 9.07. The van der Waals surface area contributed by atoms with Crippen molar-refractivity contribution in [3.05, 3.63) is 60.1 Å². The Balaban J connectivity index is 1.47. The molecule has 1 aromatic heterocycles. The largest absolute Gasteiger partial charge is 0.496 e. The molecule has 1 saturated heterocycles. The van der Waals surface area contributed by atoms with Crippen LogP contribution in [-0.2, 0) is 16.1 Å². The minimum Gasteiger partial charge on any atom is -0.496 e. The number of carbonyl (C=O) groups excluding carboxylic acids is 2. The third-order valence-corrected chi connectivity index (χ3v) is 4.74. The van der Waals surface area contributed by atoms with Gasteiger partial charge in [0, 0.05) is 30.6 Å². The lowest BCUT2D eigenvalue weighted by Crippen LogP contribution is -2.42. The molecule has 142 valence electrons. The van der Waals surface area contributed by atoms with E-state index < -0.39 is 0 Å². The molecule has 0 bridgehead atoms. The molecular formula is C21H24N2O4. The Kier molecular flexibility index (Phi) is 6.30. The first-order chi connectivity index (χ1) is 13.2. The Bertz CT molecular complexity index is 790. The molecule has 0 radical (unpaired) electrons. The van der Waals surface area contributed by atoms with Crippen LogP contribution in [0.2, 0.25) is 0 Å². The predicted molar refractivity (Wildman–Crippen MR) is 102 cm³/mol. The number of carbonyl (C=O) groups is 2. The first-order valence-electron chi connectivity index (χ1n) is 9.07. The summed E-state index contributed by atoms with van der Waals surface area (Å²) in [4.78, 5) is 26.5.